The molecule has 7 heteroatoms. The Bertz CT molecular complexity index is 895. The van der Waals surface area contributed by atoms with Gasteiger partial charge in [0, 0.05) is 0 Å². The van der Waals surface area contributed by atoms with Gasteiger partial charge in [0.2, 0.25) is 0 Å². The summed E-state index contributed by atoms with van der Waals surface area (Å²) in [7, 11) is 0. The molecule has 0 aliphatic rings. The number of esters is 1. The molecule has 0 unspecified atom stereocenters. The van der Waals surface area contributed by atoms with Crippen LogP contribution in [0.1, 0.15) is 5.56 Å². The normalized spacial score (nSPS) is 10.3. The van der Waals surface area contributed by atoms with E-state index < -0.39 is 11.9 Å². The van der Waals surface area contributed by atoms with E-state index in [0.717, 1.165) is 20.5 Å². The van der Waals surface area contributed by atoms with Crippen LogP contribution in [0.4, 0.5) is 5.13 Å². The zero-order valence-electron chi connectivity index (χ0n) is 13.6. The van der Waals surface area contributed by atoms with E-state index >= 15 is 0 Å². The van der Waals surface area contributed by atoms with Crippen molar-refractivity contribution < 1.29 is 14.3 Å². The lowest BCUT2D eigenvalue weighted by Gasteiger charge is -2.06. The third kappa shape index (κ3) is 5.24. The van der Waals surface area contributed by atoms with Gasteiger partial charge in [-0.1, -0.05) is 65.9 Å². The number of carbonyl (C=O) groups is 2. The summed E-state index contributed by atoms with van der Waals surface area (Å²) in [5.74, 6) is -0.868. The van der Waals surface area contributed by atoms with Gasteiger partial charge in [-0.15, -0.1) is 0 Å². The van der Waals surface area contributed by atoms with E-state index in [0.29, 0.717) is 5.13 Å². The molecule has 0 radical (unpaired) electrons. The number of hydrogen-bond acceptors (Lipinski definition) is 5. The van der Waals surface area contributed by atoms with Gasteiger partial charge >= 0.3 is 5.97 Å². The number of carbonyl (C=O) groups excluding carboxylic acids is 2. The molecule has 1 amide bonds. The van der Waals surface area contributed by atoms with Crippen LogP contribution in [0.5, 0.6) is 0 Å². The van der Waals surface area contributed by atoms with E-state index in [1.165, 1.54) is 11.3 Å². The number of thiazole rings is 1. The van der Waals surface area contributed by atoms with Crippen molar-refractivity contribution >= 4 is 44.3 Å². The molecule has 0 atom stereocenters. The monoisotopic (exact) mass is 430 g/mol. The summed E-state index contributed by atoms with van der Waals surface area (Å²) < 4.78 is 5.82. The Morgan fingerprint density at radius 3 is 2.38 bits per heavy atom. The minimum absolute atomic E-state index is 0.116. The Labute approximate surface area is 163 Å². The van der Waals surface area contributed by atoms with E-state index in [1.54, 1.807) is 6.20 Å². The maximum absolute atomic E-state index is 11.9. The van der Waals surface area contributed by atoms with Crippen LogP contribution in [0.3, 0.4) is 0 Å². The third-order valence-corrected chi connectivity index (χ3v) is 4.89. The second-order valence-electron chi connectivity index (χ2n) is 5.42. The number of anilines is 1. The number of nitrogens with one attached hydrogen (secondary N) is 1. The lowest BCUT2D eigenvalue weighted by Crippen LogP contribution is -2.21. The van der Waals surface area contributed by atoms with Gasteiger partial charge in [-0.3, -0.25) is 14.9 Å². The number of rotatable bonds is 6. The minimum atomic E-state index is -0.451. The summed E-state index contributed by atoms with van der Waals surface area (Å²) >= 11 is 4.55. The topological polar surface area (TPSA) is 68.3 Å². The fourth-order valence-corrected chi connectivity index (χ4v) is 3.40. The van der Waals surface area contributed by atoms with E-state index in [4.69, 9.17) is 4.74 Å². The molecular weight excluding hydrogens is 416 g/mol. The smallest absolute Gasteiger partial charge is 0.310 e. The number of benzene rings is 2. The number of hydrogen-bond donors (Lipinski definition) is 1. The first-order chi connectivity index (χ1) is 12.6. The Kier molecular flexibility index (Phi) is 6.14. The van der Waals surface area contributed by atoms with Crippen LogP contribution in [0.2, 0.25) is 0 Å². The van der Waals surface area contributed by atoms with Crippen molar-refractivity contribution in [1.82, 2.24) is 4.98 Å². The molecule has 0 saturated carbocycles. The molecule has 0 bridgehead atoms. The molecule has 0 fully saturated rings. The Morgan fingerprint density at radius 2 is 1.73 bits per heavy atom. The van der Waals surface area contributed by atoms with Gasteiger partial charge in [0.1, 0.15) is 0 Å². The number of aromatic nitrogens is 1. The largest absolute Gasteiger partial charge is 0.455 e. The molecule has 1 heterocycles. The molecule has 0 aliphatic carbocycles. The number of ether oxygens (including phenoxy) is 1. The molecule has 3 rings (SSSR count). The maximum atomic E-state index is 11.9. The second kappa shape index (κ2) is 8.73. The summed E-state index contributed by atoms with van der Waals surface area (Å²) in [6, 6.07) is 17.7. The summed E-state index contributed by atoms with van der Waals surface area (Å²) in [5.41, 5.74) is 3.03. The van der Waals surface area contributed by atoms with Crippen molar-refractivity contribution in [1.29, 1.82) is 0 Å². The van der Waals surface area contributed by atoms with Gasteiger partial charge in [-0.2, -0.15) is 0 Å². The molecule has 1 N–H and O–H groups in total. The van der Waals surface area contributed by atoms with Gasteiger partial charge in [0.25, 0.3) is 5.91 Å². The molecule has 0 saturated heterocycles. The standard InChI is InChI=1S/C19H15BrN2O3S/c20-16-11-21-19(26-16)22-17(23)12-25-18(24)10-13-6-8-15(9-7-13)14-4-2-1-3-5-14/h1-9,11H,10,12H2,(H,21,22,23). The van der Waals surface area contributed by atoms with E-state index in [9.17, 15) is 9.59 Å². The predicted octanol–water partition coefficient (Wildman–Crippen LogP) is 4.30. The van der Waals surface area contributed by atoms with Gasteiger partial charge in [0.15, 0.2) is 11.7 Å². The van der Waals surface area contributed by atoms with E-state index in [1.807, 2.05) is 54.6 Å². The second-order valence-corrected chi connectivity index (χ2v) is 7.83. The Balaban J connectivity index is 1.48. The van der Waals surface area contributed by atoms with Gasteiger partial charge < -0.3 is 4.74 Å². The van der Waals surface area contributed by atoms with Crippen molar-refractivity contribution in [3.63, 3.8) is 0 Å². The lowest BCUT2D eigenvalue weighted by atomic mass is 10.0. The predicted molar refractivity (Wildman–Crippen MR) is 105 cm³/mol. The fourth-order valence-electron chi connectivity index (χ4n) is 2.28. The van der Waals surface area contributed by atoms with Crippen LogP contribution in [0.25, 0.3) is 11.1 Å². The molecule has 0 aliphatic heterocycles. The van der Waals surface area contributed by atoms with Crippen LogP contribution in [-0.2, 0) is 20.7 Å². The molecule has 2 aromatic carbocycles. The first-order valence-electron chi connectivity index (χ1n) is 7.81. The molecule has 3 aromatic rings. The first kappa shape index (κ1) is 18.3. The van der Waals surface area contributed by atoms with Crippen LogP contribution in [0, 0.1) is 0 Å². The summed E-state index contributed by atoms with van der Waals surface area (Å²) in [5, 5.41) is 3.02. The minimum Gasteiger partial charge on any atom is -0.455 e. The van der Waals surface area contributed by atoms with Crippen LogP contribution < -0.4 is 5.32 Å². The molecule has 1 aromatic heterocycles. The summed E-state index contributed by atoms with van der Waals surface area (Å²) in [6.45, 7) is -0.335. The van der Waals surface area contributed by atoms with Crippen LogP contribution in [-0.4, -0.2) is 23.5 Å². The number of nitrogens with zero attached hydrogens (tertiary/aromatic N) is 1. The highest BCUT2D eigenvalue weighted by molar-refractivity contribution is 9.11. The van der Waals surface area contributed by atoms with E-state index in [-0.39, 0.29) is 13.0 Å². The molecule has 26 heavy (non-hydrogen) atoms. The summed E-state index contributed by atoms with van der Waals surface area (Å²) in [6.07, 6.45) is 1.70. The zero-order valence-corrected chi connectivity index (χ0v) is 16.0. The number of halogens is 1. The third-order valence-electron chi connectivity index (χ3n) is 3.50. The Morgan fingerprint density at radius 1 is 1.04 bits per heavy atom. The average Bonchev–Trinajstić information content (AvgIpc) is 3.06. The summed E-state index contributed by atoms with van der Waals surface area (Å²) in [4.78, 5) is 27.6. The van der Waals surface area contributed by atoms with Crippen molar-refractivity contribution in [3.05, 3.63) is 70.1 Å². The van der Waals surface area contributed by atoms with E-state index in [2.05, 4.69) is 26.2 Å². The van der Waals surface area contributed by atoms with Gasteiger partial charge in [-0.05, 0) is 32.6 Å². The highest BCUT2D eigenvalue weighted by Crippen LogP contribution is 2.23. The Hall–Kier alpha value is -2.51. The fraction of sp³-hybridized carbons (Fsp3) is 0.105. The van der Waals surface area contributed by atoms with Gasteiger partial charge in [0.05, 0.1) is 16.4 Å². The highest BCUT2D eigenvalue weighted by atomic mass is 79.9. The molecule has 132 valence electrons. The average molecular weight is 431 g/mol. The number of amides is 1. The van der Waals surface area contributed by atoms with Crippen molar-refractivity contribution in [2.75, 3.05) is 11.9 Å². The van der Waals surface area contributed by atoms with Gasteiger partial charge in [-0.25, -0.2) is 4.98 Å². The first-order valence-corrected chi connectivity index (χ1v) is 9.42. The van der Waals surface area contributed by atoms with Crippen molar-refractivity contribution in [2.45, 2.75) is 6.42 Å². The van der Waals surface area contributed by atoms with Crippen molar-refractivity contribution in [3.8, 4) is 11.1 Å². The maximum Gasteiger partial charge on any atom is 0.310 e. The molecular formula is C19H15BrN2O3S. The lowest BCUT2D eigenvalue weighted by molar-refractivity contribution is -0.146. The SMILES string of the molecule is O=C(COC(=O)Cc1ccc(-c2ccccc2)cc1)Nc1ncc(Br)s1. The van der Waals surface area contributed by atoms with Crippen molar-refractivity contribution in [2.24, 2.45) is 0 Å². The zero-order chi connectivity index (χ0) is 18.4. The van der Waals surface area contributed by atoms with Crippen LogP contribution >= 0.6 is 27.3 Å². The molecule has 5 nitrogen and oxygen atoms in total. The highest BCUT2D eigenvalue weighted by Gasteiger charge is 2.10. The van der Waals surface area contributed by atoms with Crippen LogP contribution in [0.15, 0.2) is 64.6 Å². The quantitative estimate of drug-likeness (QED) is 0.591. The molecule has 0 spiro atoms.